The number of allylic oxidation sites excluding steroid dienone is 1. The van der Waals surface area contributed by atoms with Gasteiger partial charge in [-0.15, -0.1) is 13.2 Å². The normalized spacial score (nSPS) is 24.6. The van der Waals surface area contributed by atoms with Crippen molar-refractivity contribution in [3.05, 3.63) is 61.5 Å². The Hall–Kier alpha value is -4.46. The van der Waals surface area contributed by atoms with Gasteiger partial charge in [0.2, 0.25) is 27.7 Å². The van der Waals surface area contributed by atoms with Crippen LogP contribution in [-0.2, 0) is 29.1 Å². The Morgan fingerprint density at radius 3 is 2.54 bits per heavy atom. The number of nitrogens with zero attached hydrogens (tertiary/aromatic N) is 2. The summed E-state index contributed by atoms with van der Waals surface area (Å²) >= 11 is 0. The molecule has 5 unspecified atom stereocenters. The molecule has 3 fully saturated rings. The fraction of sp³-hybridized carbons (Fsp3) is 0.500. The lowest BCUT2D eigenvalue weighted by Gasteiger charge is -2.26. The molecule has 1 heterocycles. The molecular formula is C34H43N5O8S. The summed E-state index contributed by atoms with van der Waals surface area (Å²) in [6.07, 6.45) is 8.29. The minimum Gasteiger partial charge on any atom is -0.446 e. The highest BCUT2D eigenvalue weighted by atomic mass is 32.2. The van der Waals surface area contributed by atoms with Crippen molar-refractivity contribution in [1.82, 2.24) is 19.9 Å². The fourth-order valence-electron chi connectivity index (χ4n) is 6.30. The van der Waals surface area contributed by atoms with E-state index in [2.05, 4.69) is 33.5 Å². The van der Waals surface area contributed by atoms with E-state index < -0.39 is 62.6 Å². The number of hydrogen-bond donors (Lipinski definition) is 3. The largest absolute Gasteiger partial charge is 0.446 e. The molecule has 0 bridgehead atoms. The van der Waals surface area contributed by atoms with Gasteiger partial charge in [0.1, 0.15) is 17.9 Å². The number of amides is 4. The van der Waals surface area contributed by atoms with Crippen molar-refractivity contribution >= 4 is 39.5 Å². The summed E-state index contributed by atoms with van der Waals surface area (Å²) in [5.41, 5.74) is 0.342. The van der Waals surface area contributed by atoms with Gasteiger partial charge in [0.05, 0.1) is 34.5 Å². The monoisotopic (exact) mass is 681 g/mol. The van der Waals surface area contributed by atoms with Crippen molar-refractivity contribution in [3.63, 3.8) is 0 Å². The standard InChI is InChI=1S/C34H43N5O8S/c1-5-7-8-9-15-39(4)31(41)27-19-23(47-33(43)36-28-17-21(3)10-13-25(28)30-35-14-16-46-30)18-26(27)29(40)37-34(20-22(34)6-2)32(42)38-48(44,45)24-11-12-24/h5-6,10,13-14,16-17,22-24,26-27H,1-2,7-9,11-12,15,18-20H2,3-4H3,(H,36,43)(H,37,40)(H,38,42). The summed E-state index contributed by atoms with van der Waals surface area (Å²) < 4.78 is 38.4. The molecule has 3 N–H and O–H groups in total. The number of anilines is 1. The van der Waals surface area contributed by atoms with Gasteiger partial charge in [-0.1, -0.05) is 18.2 Å². The second kappa shape index (κ2) is 14.3. The summed E-state index contributed by atoms with van der Waals surface area (Å²) in [7, 11) is -2.19. The number of hydrogen-bond acceptors (Lipinski definition) is 9. The number of carbonyl (C=O) groups excluding carboxylic acids is 4. The van der Waals surface area contributed by atoms with Crippen LogP contribution in [0.2, 0.25) is 0 Å². The van der Waals surface area contributed by atoms with Crippen LogP contribution in [0.25, 0.3) is 11.5 Å². The van der Waals surface area contributed by atoms with Gasteiger partial charge in [-0.25, -0.2) is 18.2 Å². The molecule has 3 aliphatic carbocycles. The van der Waals surface area contributed by atoms with Gasteiger partial charge >= 0.3 is 6.09 Å². The summed E-state index contributed by atoms with van der Waals surface area (Å²) in [6, 6.07) is 5.37. The molecular weight excluding hydrogens is 638 g/mol. The zero-order valence-corrected chi connectivity index (χ0v) is 28.1. The van der Waals surface area contributed by atoms with E-state index >= 15 is 0 Å². The summed E-state index contributed by atoms with van der Waals surface area (Å²) in [4.78, 5) is 59.9. The fourth-order valence-corrected chi connectivity index (χ4v) is 7.67. The number of oxazole rings is 1. The molecule has 0 radical (unpaired) electrons. The molecule has 13 nitrogen and oxygen atoms in total. The lowest BCUT2D eigenvalue weighted by atomic mass is 9.93. The van der Waals surface area contributed by atoms with Crippen LogP contribution in [0.4, 0.5) is 10.5 Å². The van der Waals surface area contributed by atoms with E-state index in [1.165, 1.54) is 18.5 Å². The average molecular weight is 682 g/mol. The molecule has 3 aliphatic rings. The third kappa shape index (κ3) is 7.80. The van der Waals surface area contributed by atoms with Gasteiger partial charge < -0.3 is 19.4 Å². The van der Waals surface area contributed by atoms with Crippen LogP contribution < -0.4 is 15.4 Å². The molecule has 0 aliphatic heterocycles. The Bertz CT molecular complexity index is 1670. The van der Waals surface area contributed by atoms with E-state index in [-0.39, 0.29) is 25.2 Å². The average Bonchev–Trinajstić information content (AvgIpc) is 3.92. The summed E-state index contributed by atoms with van der Waals surface area (Å²) in [5, 5.41) is 4.90. The van der Waals surface area contributed by atoms with Crippen molar-refractivity contribution in [1.29, 1.82) is 0 Å². The molecule has 1 aromatic carbocycles. The zero-order valence-electron chi connectivity index (χ0n) is 27.3. The number of nitrogens with one attached hydrogen (secondary N) is 3. The van der Waals surface area contributed by atoms with Crippen molar-refractivity contribution in [2.45, 2.75) is 75.2 Å². The number of aromatic nitrogens is 1. The number of aryl methyl sites for hydroxylation is 1. The Balaban J connectivity index is 1.31. The molecule has 0 saturated heterocycles. The molecule has 48 heavy (non-hydrogen) atoms. The molecule has 0 spiro atoms. The molecule has 1 aromatic heterocycles. The lowest BCUT2D eigenvalue weighted by molar-refractivity contribution is -0.140. The van der Waals surface area contributed by atoms with Crippen LogP contribution in [-0.4, -0.2) is 72.6 Å². The molecule has 258 valence electrons. The lowest BCUT2D eigenvalue weighted by Crippen LogP contribution is -2.54. The number of carbonyl (C=O) groups is 4. The Morgan fingerprint density at radius 2 is 1.90 bits per heavy atom. The first-order valence-electron chi connectivity index (χ1n) is 16.2. The van der Waals surface area contributed by atoms with Crippen LogP contribution in [0.3, 0.4) is 0 Å². The first kappa shape index (κ1) is 34.9. The van der Waals surface area contributed by atoms with Gasteiger partial charge in [-0.05, 0) is 76.0 Å². The number of unbranched alkanes of at least 4 members (excludes halogenated alkanes) is 2. The minimum atomic E-state index is -3.86. The minimum absolute atomic E-state index is 0.0250. The summed E-state index contributed by atoms with van der Waals surface area (Å²) in [6.45, 7) is 9.80. The second-order valence-corrected chi connectivity index (χ2v) is 14.9. The number of benzene rings is 1. The van der Waals surface area contributed by atoms with Gasteiger partial charge in [0, 0.05) is 19.5 Å². The van der Waals surface area contributed by atoms with Crippen LogP contribution in [0, 0.1) is 24.7 Å². The highest BCUT2D eigenvalue weighted by Crippen LogP contribution is 2.46. The number of ether oxygens (including phenoxy) is 1. The van der Waals surface area contributed by atoms with Gasteiger partial charge in [0.25, 0.3) is 5.91 Å². The predicted molar refractivity (Wildman–Crippen MR) is 178 cm³/mol. The quantitative estimate of drug-likeness (QED) is 0.185. The Labute approximate surface area is 280 Å². The maximum Gasteiger partial charge on any atom is 0.411 e. The van der Waals surface area contributed by atoms with Gasteiger partial charge in [-0.3, -0.25) is 24.4 Å². The van der Waals surface area contributed by atoms with E-state index in [0.717, 1.165) is 24.8 Å². The third-order valence-electron chi connectivity index (χ3n) is 9.30. The van der Waals surface area contributed by atoms with Gasteiger partial charge in [-0.2, -0.15) is 0 Å². The topological polar surface area (TPSA) is 177 Å². The van der Waals surface area contributed by atoms with E-state index in [9.17, 15) is 27.6 Å². The maximum atomic E-state index is 13.9. The van der Waals surface area contributed by atoms with Gasteiger partial charge in [0.15, 0.2) is 0 Å². The van der Waals surface area contributed by atoms with E-state index in [0.29, 0.717) is 36.5 Å². The Morgan fingerprint density at radius 1 is 1.15 bits per heavy atom. The van der Waals surface area contributed by atoms with Crippen LogP contribution >= 0.6 is 0 Å². The molecule has 2 aromatic rings. The van der Waals surface area contributed by atoms with Crippen molar-refractivity contribution in [2.75, 3.05) is 18.9 Å². The van der Waals surface area contributed by atoms with Crippen LogP contribution in [0.1, 0.15) is 56.9 Å². The van der Waals surface area contributed by atoms with Crippen molar-refractivity contribution < 1.29 is 36.7 Å². The van der Waals surface area contributed by atoms with Crippen LogP contribution in [0.15, 0.2) is 60.4 Å². The predicted octanol–water partition coefficient (Wildman–Crippen LogP) is 4.08. The van der Waals surface area contributed by atoms with E-state index in [1.807, 2.05) is 19.1 Å². The smallest absolute Gasteiger partial charge is 0.411 e. The molecule has 3 saturated carbocycles. The summed E-state index contributed by atoms with van der Waals surface area (Å²) in [5.74, 6) is -3.65. The molecule has 4 amide bonds. The number of sulfonamides is 1. The van der Waals surface area contributed by atoms with E-state index in [1.54, 1.807) is 24.1 Å². The van der Waals surface area contributed by atoms with Crippen LogP contribution in [0.5, 0.6) is 0 Å². The highest BCUT2D eigenvalue weighted by molar-refractivity contribution is 7.91. The van der Waals surface area contributed by atoms with E-state index in [4.69, 9.17) is 9.15 Å². The first-order chi connectivity index (χ1) is 22.9. The first-order valence-corrected chi connectivity index (χ1v) is 17.8. The Kier molecular flexibility index (Phi) is 10.4. The maximum absolute atomic E-state index is 13.9. The SMILES string of the molecule is C=CCCCCN(C)C(=O)C1CC(OC(=O)Nc2cc(C)ccc2-c2ncco2)CC1C(=O)NC1(C(=O)NS(=O)(=O)C2CC2)CC1C=C. The van der Waals surface area contributed by atoms with Crippen molar-refractivity contribution in [3.8, 4) is 11.5 Å². The molecule has 14 heteroatoms. The number of rotatable bonds is 15. The van der Waals surface area contributed by atoms with Crippen molar-refractivity contribution in [2.24, 2.45) is 17.8 Å². The zero-order chi connectivity index (χ0) is 34.6. The third-order valence-corrected chi connectivity index (χ3v) is 11.1. The second-order valence-electron chi connectivity index (χ2n) is 12.9. The molecule has 5 atom stereocenters. The highest BCUT2D eigenvalue weighted by Gasteiger charge is 2.62. The molecule has 5 rings (SSSR count).